The minimum Gasteiger partial charge on any atom is -0.396 e. The van der Waals surface area contributed by atoms with Gasteiger partial charge in [-0.05, 0) is 34.5 Å². The number of aromatic nitrogens is 1. The molecular formula is C11H15BrN2O3. The first-order valence-corrected chi connectivity index (χ1v) is 5.99. The van der Waals surface area contributed by atoms with E-state index in [1.54, 1.807) is 25.4 Å². The molecule has 94 valence electrons. The second-order valence-corrected chi connectivity index (χ2v) is 4.32. The van der Waals surface area contributed by atoms with Gasteiger partial charge >= 0.3 is 0 Å². The number of nitrogens with one attached hydrogen (secondary N) is 1. The molecule has 1 unspecified atom stereocenters. The van der Waals surface area contributed by atoms with Gasteiger partial charge in [0.25, 0.3) is 5.91 Å². The number of aliphatic hydroxyl groups excluding tert-OH is 1. The summed E-state index contributed by atoms with van der Waals surface area (Å²) in [7, 11) is 1.56. The fourth-order valence-electron chi connectivity index (χ4n) is 1.37. The predicted molar refractivity (Wildman–Crippen MR) is 66.8 cm³/mol. The monoisotopic (exact) mass is 302 g/mol. The van der Waals surface area contributed by atoms with Crippen molar-refractivity contribution >= 4 is 21.8 Å². The average Bonchev–Trinajstić information content (AvgIpc) is 2.29. The van der Waals surface area contributed by atoms with Crippen molar-refractivity contribution in [2.75, 3.05) is 20.3 Å². The number of carbonyl (C=O) groups is 1. The number of aliphatic hydroxyl groups is 1. The Morgan fingerprint density at radius 2 is 2.47 bits per heavy atom. The fourth-order valence-corrected chi connectivity index (χ4v) is 1.73. The minimum absolute atomic E-state index is 0.00828. The number of hydrogen-bond donors (Lipinski definition) is 2. The summed E-state index contributed by atoms with van der Waals surface area (Å²) in [6.07, 6.45) is 2.02. The summed E-state index contributed by atoms with van der Waals surface area (Å²) in [6, 6.07) is 3.07. The van der Waals surface area contributed by atoms with Crippen molar-refractivity contribution in [1.29, 1.82) is 0 Å². The van der Waals surface area contributed by atoms with Crippen LogP contribution in [0.4, 0.5) is 0 Å². The van der Waals surface area contributed by atoms with Gasteiger partial charge in [0.1, 0.15) is 4.60 Å². The highest BCUT2D eigenvalue weighted by atomic mass is 79.9. The summed E-state index contributed by atoms with van der Waals surface area (Å²) in [5, 5.41) is 11.7. The number of halogens is 1. The molecule has 1 atom stereocenters. The molecule has 0 aliphatic rings. The van der Waals surface area contributed by atoms with Gasteiger partial charge in [-0.15, -0.1) is 0 Å². The van der Waals surface area contributed by atoms with E-state index in [0.29, 0.717) is 23.2 Å². The van der Waals surface area contributed by atoms with E-state index in [9.17, 15) is 4.79 Å². The normalized spacial score (nSPS) is 12.2. The molecule has 0 saturated heterocycles. The lowest BCUT2D eigenvalue weighted by atomic mass is 10.2. The topological polar surface area (TPSA) is 71.5 Å². The predicted octanol–water partition coefficient (Wildman–Crippen LogP) is 0.971. The average molecular weight is 303 g/mol. The summed E-state index contributed by atoms with van der Waals surface area (Å²) in [5.74, 6) is -0.205. The lowest BCUT2D eigenvalue weighted by molar-refractivity contribution is 0.0878. The Labute approximate surface area is 108 Å². The van der Waals surface area contributed by atoms with E-state index in [4.69, 9.17) is 9.84 Å². The van der Waals surface area contributed by atoms with Crippen LogP contribution < -0.4 is 5.32 Å². The van der Waals surface area contributed by atoms with E-state index < -0.39 is 0 Å². The van der Waals surface area contributed by atoms with Gasteiger partial charge in [0.05, 0.1) is 12.6 Å². The maximum atomic E-state index is 11.9. The molecule has 0 aromatic carbocycles. The number of nitrogens with zero attached hydrogens (tertiary/aromatic N) is 1. The highest BCUT2D eigenvalue weighted by Crippen LogP contribution is 2.08. The maximum Gasteiger partial charge on any atom is 0.251 e. The van der Waals surface area contributed by atoms with Gasteiger partial charge < -0.3 is 15.2 Å². The van der Waals surface area contributed by atoms with E-state index in [0.717, 1.165) is 0 Å². The van der Waals surface area contributed by atoms with Crippen molar-refractivity contribution in [2.45, 2.75) is 12.5 Å². The number of carbonyl (C=O) groups excluding carboxylic acids is 1. The van der Waals surface area contributed by atoms with Gasteiger partial charge in [-0.1, -0.05) is 0 Å². The lowest BCUT2D eigenvalue weighted by Gasteiger charge is -2.16. The molecule has 0 spiro atoms. The first-order chi connectivity index (χ1) is 8.17. The standard InChI is InChI=1S/C11H15BrN2O3/c1-17-7-9(3-5-15)14-11(16)8-2-4-13-10(12)6-8/h2,4,6,9,15H,3,5,7H2,1H3,(H,14,16). The Bertz CT molecular complexity index is 367. The van der Waals surface area contributed by atoms with Gasteiger partial charge in [-0.3, -0.25) is 4.79 Å². The lowest BCUT2D eigenvalue weighted by Crippen LogP contribution is -2.38. The summed E-state index contributed by atoms with van der Waals surface area (Å²) >= 11 is 3.20. The molecule has 0 bridgehead atoms. The molecule has 0 aliphatic heterocycles. The zero-order chi connectivity index (χ0) is 12.7. The number of methoxy groups -OCH3 is 1. The van der Waals surface area contributed by atoms with Crippen LogP contribution in [0.3, 0.4) is 0 Å². The van der Waals surface area contributed by atoms with E-state index in [2.05, 4.69) is 26.2 Å². The molecule has 0 radical (unpaired) electrons. The van der Waals surface area contributed by atoms with Crippen molar-refractivity contribution in [2.24, 2.45) is 0 Å². The molecule has 5 nitrogen and oxygen atoms in total. The van der Waals surface area contributed by atoms with Crippen LogP contribution in [0.15, 0.2) is 22.9 Å². The van der Waals surface area contributed by atoms with Crippen molar-refractivity contribution in [3.8, 4) is 0 Å². The quantitative estimate of drug-likeness (QED) is 0.768. The Hall–Kier alpha value is -0.980. The molecule has 17 heavy (non-hydrogen) atoms. The first-order valence-electron chi connectivity index (χ1n) is 5.19. The molecule has 1 rings (SSSR count). The molecule has 0 fully saturated rings. The number of hydrogen-bond acceptors (Lipinski definition) is 4. The Balaban J connectivity index is 2.63. The van der Waals surface area contributed by atoms with Crippen molar-refractivity contribution in [3.63, 3.8) is 0 Å². The van der Waals surface area contributed by atoms with Crippen LogP contribution in [0.2, 0.25) is 0 Å². The van der Waals surface area contributed by atoms with Gasteiger partial charge in [-0.2, -0.15) is 0 Å². The van der Waals surface area contributed by atoms with Crippen LogP contribution in [0.5, 0.6) is 0 Å². The van der Waals surface area contributed by atoms with Gasteiger partial charge in [0.15, 0.2) is 0 Å². The molecule has 6 heteroatoms. The van der Waals surface area contributed by atoms with E-state index in [-0.39, 0.29) is 18.6 Å². The number of pyridine rings is 1. The third kappa shape index (κ3) is 4.80. The number of ether oxygens (including phenoxy) is 1. The summed E-state index contributed by atoms with van der Waals surface area (Å²) < 4.78 is 5.58. The molecule has 1 amide bonds. The SMILES string of the molecule is COCC(CCO)NC(=O)c1ccnc(Br)c1. The van der Waals surface area contributed by atoms with Crippen LogP contribution in [-0.4, -0.2) is 42.4 Å². The number of rotatable bonds is 6. The van der Waals surface area contributed by atoms with Crippen molar-refractivity contribution < 1.29 is 14.6 Å². The van der Waals surface area contributed by atoms with Gasteiger partial charge in [-0.25, -0.2) is 4.98 Å². The summed E-state index contributed by atoms with van der Waals surface area (Å²) in [4.78, 5) is 15.8. The highest BCUT2D eigenvalue weighted by molar-refractivity contribution is 9.10. The smallest absolute Gasteiger partial charge is 0.251 e. The Morgan fingerprint density at radius 1 is 1.71 bits per heavy atom. The number of amides is 1. The zero-order valence-corrected chi connectivity index (χ0v) is 11.1. The summed E-state index contributed by atoms with van der Waals surface area (Å²) in [6.45, 7) is 0.382. The van der Waals surface area contributed by atoms with Crippen LogP contribution >= 0.6 is 15.9 Å². The van der Waals surface area contributed by atoms with Crippen molar-refractivity contribution in [3.05, 3.63) is 28.5 Å². The van der Waals surface area contributed by atoms with Gasteiger partial charge in [0, 0.05) is 25.5 Å². The summed E-state index contributed by atoms with van der Waals surface area (Å²) in [5.41, 5.74) is 0.519. The van der Waals surface area contributed by atoms with Crippen LogP contribution in [0.25, 0.3) is 0 Å². The van der Waals surface area contributed by atoms with E-state index >= 15 is 0 Å². The third-order valence-electron chi connectivity index (χ3n) is 2.17. The van der Waals surface area contributed by atoms with Gasteiger partial charge in [0.2, 0.25) is 0 Å². The molecule has 1 heterocycles. The van der Waals surface area contributed by atoms with Crippen molar-refractivity contribution in [1.82, 2.24) is 10.3 Å². The molecule has 0 aliphatic carbocycles. The largest absolute Gasteiger partial charge is 0.396 e. The second kappa shape index (κ2) is 7.37. The molecule has 2 N–H and O–H groups in total. The van der Waals surface area contributed by atoms with E-state index in [1.807, 2.05) is 0 Å². The molecule has 0 saturated carbocycles. The maximum absolute atomic E-state index is 11.9. The molecular weight excluding hydrogens is 288 g/mol. The van der Waals surface area contributed by atoms with E-state index in [1.165, 1.54) is 0 Å². The minimum atomic E-state index is -0.205. The van der Waals surface area contributed by atoms with Crippen LogP contribution in [0, 0.1) is 0 Å². The Kier molecular flexibility index (Phi) is 6.10. The molecule has 1 aromatic rings. The van der Waals surface area contributed by atoms with Crippen LogP contribution in [0.1, 0.15) is 16.8 Å². The third-order valence-corrected chi connectivity index (χ3v) is 2.60. The zero-order valence-electron chi connectivity index (χ0n) is 9.52. The first kappa shape index (κ1) is 14.1. The Morgan fingerprint density at radius 3 is 3.06 bits per heavy atom. The highest BCUT2D eigenvalue weighted by Gasteiger charge is 2.13. The van der Waals surface area contributed by atoms with Crippen LogP contribution in [-0.2, 0) is 4.74 Å². The second-order valence-electron chi connectivity index (χ2n) is 3.51. The fraction of sp³-hybridized carbons (Fsp3) is 0.455. The molecule has 1 aromatic heterocycles.